The van der Waals surface area contributed by atoms with Gasteiger partial charge in [0.1, 0.15) is 11.8 Å². The lowest BCUT2D eigenvalue weighted by atomic mass is 9.70. The first kappa shape index (κ1) is 29.0. The lowest BCUT2D eigenvalue weighted by Crippen LogP contribution is -2.52. The summed E-state index contributed by atoms with van der Waals surface area (Å²) in [4.78, 5) is 43.8. The second kappa shape index (κ2) is 11.9. The van der Waals surface area contributed by atoms with Gasteiger partial charge in [0.2, 0.25) is 17.7 Å². The molecule has 0 aliphatic carbocycles. The van der Waals surface area contributed by atoms with Crippen molar-refractivity contribution in [3.63, 3.8) is 0 Å². The van der Waals surface area contributed by atoms with Gasteiger partial charge in [0, 0.05) is 34.6 Å². The Morgan fingerprint density at radius 2 is 1.74 bits per heavy atom. The number of unbranched alkanes of at least 4 members (excludes halogenated alkanes) is 1. The molecule has 3 N–H and O–H groups in total. The molecule has 3 aromatic carbocycles. The van der Waals surface area contributed by atoms with Crippen LogP contribution in [0.15, 0.2) is 66.7 Å². The number of fused-ring (bicyclic) bond motifs is 2. The lowest BCUT2D eigenvalue weighted by Gasteiger charge is -2.35. The van der Waals surface area contributed by atoms with Crippen molar-refractivity contribution >= 4 is 67.6 Å². The third-order valence-electron chi connectivity index (χ3n) is 8.60. The number of aliphatic hydroxyl groups excluding tert-OH is 1. The van der Waals surface area contributed by atoms with Gasteiger partial charge in [-0.3, -0.25) is 14.4 Å². The first-order valence-electron chi connectivity index (χ1n) is 14.4. The number of carbonyl (C=O) groups excluding carboxylic acids is 3. The van der Waals surface area contributed by atoms with E-state index in [4.69, 9.17) is 4.74 Å². The van der Waals surface area contributed by atoms with E-state index >= 15 is 0 Å². The van der Waals surface area contributed by atoms with Gasteiger partial charge in [-0.15, -0.1) is 11.8 Å². The molecule has 8 nitrogen and oxygen atoms in total. The fourth-order valence-electron chi connectivity index (χ4n) is 6.87. The zero-order valence-corrected chi connectivity index (χ0v) is 25.7. The number of ether oxygens (including phenoxy) is 1. The molecule has 3 unspecified atom stereocenters. The molecule has 1 spiro atoms. The molecule has 0 radical (unpaired) electrons. The van der Waals surface area contributed by atoms with Crippen molar-refractivity contribution in [1.29, 1.82) is 0 Å². The number of alkyl halides is 1. The summed E-state index contributed by atoms with van der Waals surface area (Å²) >= 11 is 5.42. The number of aliphatic hydroxyl groups is 1. The van der Waals surface area contributed by atoms with Crippen LogP contribution in [0.5, 0.6) is 5.75 Å². The van der Waals surface area contributed by atoms with Crippen molar-refractivity contribution in [2.45, 2.75) is 47.1 Å². The van der Waals surface area contributed by atoms with E-state index < -0.39 is 22.6 Å². The van der Waals surface area contributed by atoms with Crippen LogP contribution < -0.4 is 15.4 Å². The zero-order valence-electron chi connectivity index (χ0n) is 23.3. The van der Waals surface area contributed by atoms with Crippen molar-refractivity contribution in [3.05, 3.63) is 66.7 Å². The average Bonchev–Trinajstić information content (AvgIpc) is 3.57. The lowest BCUT2D eigenvalue weighted by molar-refractivity contribution is -0.138. The second-order valence-electron chi connectivity index (χ2n) is 11.1. The number of hydrogen-bond acceptors (Lipinski definition) is 6. The van der Waals surface area contributed by atoms with Crippen molar-refractivity contribution in [3.8, 4) is 5.75 Å². The van der Waals surface area contributed by atoms with Gasteiger partial charge >= 0.3 is 0 Å². The van der Waals surface area contributed by atoms with E-state index in [0.717, 1.165) is 16.5 Å². The normalized spacial score (nSPS) is 27.7. The maximum atomic E-state index is 14.2. The number of anilines is 2. The van der Waals surface area contributed by atoms with Gasteiger partial charge in [0.25, 0.3) is 0 Å². The summed E-state index contributed by atoms with van der Waals surface area (Å²) in [7, 11) is 0. The molecule has 3 saturated heterocycles. The highest BCUT2D eigenvalue weighted by Crippen LogP contribution is 2.67. The van der Waals surface area contributed by atoms with Crippen LogP contribution in [0.3, 0.4) is 0 Å². The van der Waals surface area contributed by atoms with E-state index in [2.05, 4.69) is 26.6 Å². The Morgan fingerprint density at radius 1 is 1.02 bits per heavy atom. The highest BCUT2D eigenvalue weighted by molar-refractivity contribution is 9.09. The summed E-state index contributed by atoms with van der Waals surface area (Å²) in [5, 5.41) is 17.5. The average molecular weight is 653 g/mol. The van der Waals surface area contributed by atoms with Gasteiger partial charge in [-0.1, -0.05) is 46.3 Å². The van der Waals surface area contributed by atoms with Crippen molar-refractivity contribution in [2.24, 2.45) is 11.8 Å². The summed E-state index contributed by atoms with van der Waals surface area (Å²) < 4.78 is 4.77. The van der Waals surface area contributed by atoms with Crippen LogP contribution in [-0.2, 0) is 14.4 Å². The summed E-state index contributed by atoms with van der Waals surface area (Å²) in [6, 6.07) is 20.2. The number of nitrogens with zero attached hydrogens (tertiary/aromatic N) is 1. The molecule has 3 aliphatic heterocycles. The molecule has 3 heterocycles. The maximum absolute atomic E-state index is 14.2. The fraction of sp³-hybridized carbons (Fsp3) is 0.406. The maximum Gasteiger partial charge on any atom is 0.248 e. The Hall–Kier alpha value is -3.08. The molecule has 0 aromatic heterocycles. The molecular weight excluding hydrogens is 618 g/mol. The highest BCUT2D eigenvalue weighted by atomic mass is 79.9. The third kappa shape index (κ3) is 5.07. The van der Waals surface area contributed by atoms with E-state index in [-0.39, 0.29) is 34.4 Å². The molecule has 6 atom stereocenters. The van der Waals surface area contributed by atoms with Gasteiger partial charge in [0.15, 0.2) is 0 Å². The van der Waals surface area contributed by atoms with E-state index in [1.54, 1.807) is 40.9 Å². The number of rotatable bonds is 10. The van der Waals surface area contributed by atoms with E-state index in [0.29, 0.717) is 43.8 Å². The Kier molecular flexibility index (Phi) is 8.22. The van der Waals surface area contributed by atoms with Gasteiger partial charge in [-0.2, -0.15) is 0 Å². The number of amides is 3. The molecule has 42 heavy (non-hydrogen) atoms. The second-order valence-corrected chi connectivity index (χ2v) is 13.8. The van der Waals surface area contributed by atoms with Gasteiger partial charge in [0.05, 0.1) is 23.2 Å². The number of halogens is 1. The Bertz CT molecular complexity index is 1500. The fourth-order valence-corrected chi connectivity index (χ4v) is 10.5. The minimum absolute atomic E-state index is 0.0119. The topological polar surface area (TPSA) is 108 Å². The van der Waals surface area contributed by atoms with Crippen molar-refractivity contribution in [2.75, 3.05) is 30.4 Å². The van der Waals surface area contributed by atoms with E-state index in [9.17, 15) is 19.5 Å². The molecule has 3 amide bonds. The van der Waals surface area contributed by atoms with E-state index in [1.165, 1.54) is 0 Å². The van der Waals surface area contributed by atoms with E-state index in [1.807, 2.05) is 49.4 Å². The summed E-state index contributed by atoms with van der Waals surface area (Å²) in [6.45, 7) is 2.82. The first-order valence-corrected chi connectivity index (χ1v) is 16.2. The van der Waals surface area contributed by atoms with Crippen molar-refractivity contribution < 1.29 is 24.2 Å². The predicted octanol–water partition coefficient (Wildman–Crippen LogP) is 5.05. The number of carbonyl (C=O) groups is 3. The SMILES string of the molecule is CCOc1ccc(NC(=O)[C@H]2[C@@H]3SC4(CC3Br)C(C(=O)Nc3ccc5ccccc5c3)N(CCCCO)C(=O)[C@H]24)cc1. The van der Waals surface area contributed by atoms with Gasteiger partial charge in [-0.25, -0.2) is 0 Å². The number of nitrogens with one attached hydrogen (secondary N) is 2. The molecule has 220 valence electrons. The number of benzene rings is 3. The van der Waals surface area contributed by atoms with Crippen LogP contribution in [-0.4, -0.2) is 68.4 Å². The largest absolute Gasteiger partial charge is 0.494 e. The summed E-state index contributed by atoms with van der Waals surface area (Å²) in [5.74, 6) is -1.11. The van der Waals surface area contributed by atoms with Crippen LogP contribution in [0.25, 0.3) is 10.8 Å². The number of hydrogen-bond donors (Lipinski definition) is 3. The zero-order chi connectivity index (χ0) is 29.4. The third-order valence-corrected chi connectivity index (χ3v) is 11.8. The molecule has 6 rings (SSSR count). The molecule has 3 aromatic rings. The molecule has 3 aliphatic rings. The first-order chi connectivity index (χ1) is 20.4. The minimum Gasteiger partial charge on any atom is -0.494 e. The molecule has 2 bridgehead atoms. The van der Waals surface area contributed by atoms with Crippen LogP contribution in [0.2, 0.25) is 0 Å². The molecular formula is C32H34BrN3O5S. The molecule has 10 heteroatoms. The summed E-state index contributed by atoms with van der Waals surface area (Å²) in [5.41, 5.74) is 1.30. The number of thioether (sulfide) groups is 1. The van der Waals surface area contributed by atoms with Crippen LogP contribution >= 0.6 is 27.7 Å². The Labute approximate surface area is 257 Å². The molecule has 3 fully saturated rings. The Morgan fingerprint density at radius 3 is 2.48 bits per heavy atom. The quantitative estimate of drug-likeness (QED) is 0.209. The van der Waals surface area contributed by atoms with Crippen LogP contribution in [0.4, 0.5) is 11.4 Å². The Balaban J connectivity index is 1.29. The van der Waals surface area contributed by atoms with Crippen LogP contribution in [0, 0.1) is 11.8 Å². The van der Waals surface area contributed by atoms with Gasteiger partial charge in [-0.05, 0) is 73.4 Å². The van der Waals surface area contributed by atoms with Crippen molar-refractivity contribution in [1.82, 2.24) is 4.90 Å². The predicted molar refractivity (Wildman–Crippen MR) is 169 cm³/mol. The standard InChI is InChI=1S/C32H34BrN3O5S/c1-2-41-23-13-11-21(12-14-23)34-29(38)25-26-31(40)36(15-5-6-16-37)28(32(26)18-24(33)27(25)42-32)30(39)35-22-10-9-19-7-3-4-8-20(19)17-22/h3-4,7-14,17,24-28,37H,2,5-6,15-16,18H2,1H3,(H,34,38)(H,35,39)/t24?,25-,26+,27-,28?,32?/m1/s1. The monoisotopic (exact) mass is 651 g/mol. The number of likely N-dealkylation sites (tertiary alicyclic amines) is 1. The minimum atomic E-state index is -0.739. The smallest absolute Gasteiger partial charge is 0.248 e. The van der Waals surface area contributed by atoms with Gasteiger partial charge < -0.3 is 25.4 Å². The summed E-state index contributed by atoms with van der Waals surface area (Å²) in [6.07, 6.45) is 1.70. The highest BCUT2D eigenvalue weighted by Gasteiger charge is 2.75. The molecule has 0 saturated carbocycles. The van der Waals surface area contributed by atoms with Crippen LogP contribution in [0.1, 0.15) is 26.2 Å².